The molecule has 0 atom stereocenters. The fourth-order valence-electron chi connectivity index (χ4n) is 0. The minimum Gasteiger partial charge on any atom is -0.0966 e. The molecule has 0 rings (SSSR count). The van der Waals surface area contributed by atoms with Gasteiger partial charge in [-0.15, -0.1) is 0 Å². The first-order chi connectivity index (χ1) is 3.00. The zero-order valence-corrected chi connectivity index (χ0v) is 6.96. The quantitative estimate of drug-likeness (QED) is 0.495. The Morgan fingerprint density at radius 1 is 0.625 bits per heavy atom. The number of alkyl halides is 1. The van der Waals surface area contributed by atoms with Gasteiger partial charge < -0.3 is 0 Å². The maximum absolute atomic E-state index is 2.94. The van der Waals surface area contributed by atoms with E-state index in [1.807, 2.05) is 33.5 Å². The molecule has 0 amide bonds. The Morgan fingerprint density at radius 2 is 0.625 bits per heavy atom. The molecule has 8 heavy (non-hydrogen) atoms. The van der Waals surface area contributed by atoms with Crippen LogP contribution >= 0.6 is 15.9 Å². The molecule has 0 radical (unpaired) electrons. The third-order valence-corrected chi connectivity index (χ3v) is 0. The molecule has 0 aliphatic carbocycles. The van der Waals surface area contributed by atoms with Gasteiger partial charge in [0.2, 0.25) is 0 Å². The molecule has 0 saturated heterocycles. The van der Waals surface area contributed by atoms with Crippen LogP contribution in [0.2, 0.25) is 0 Å². The fraction of sp³-hybridized carbons (Fsp3) is 1.00. The topological polar surface area (TPSA) is 0 Å². The molecule has 0 fully saturated rings. The molecule has 0 aromatic carbocycles. The molecule has 0 bridgehead atoms. The van der Waals surface area contributed by atoms with Gasteiger partial charge in [0.15, 0.2) is 0 Å². The highest BCUT2D eigenvalue weighted by Crippen LogP contribution is 1.45. The van der Waals surface area contributed by atoms with Crippen LogP contribution in [0.25, 0.3) is 0 Å². The maximum atomic E-state index is 2.94. The van der Waals surface area contributed by atoms with E-state index < -0.39 is 0 Å². The molecule has 0 nitrogen and oxygen atoms in total. The zero-order chi connectivity index (χ0) is 6.00. The van der Waals surface area contributed by atoms with Crippen molar-refractivity contribution < 1.29 is 0 Å². The third-order valence-electron chi connectivity index (χ3n) is 0. The van der Waals surface area contributed by atoms with Gasteiger partial charge in [0.1, 0.15) is 0 Å². The molecule has 0 aliphatic rings. The first kappa shape index (κ1) is 39.2. The molecule has 0 saturated carbocycles. The standard InChI is InChI=1S/2C2H6.CH3Br.2CH4/c3*1-2;;/h2*1-2H3;1H3;2*1H4. The van der Waals surface area contributed by atoms with Crippen LogP contribution in [0, 0.1) is 0 Å². The van der Waals surface area contributed by atoms with Crippen molar-refractivity contribution in [1.29, 1.82) is 0 Å². The Balaban J connectivity index is -0.00000000500. The number of halogens is 1. The van der Waals surface area contributed by atoms with Crippen molar-refractivity contribution in [2.24, 2.45) is 0 Å². The van der Waals surface area contributed by atoms with Gasteiger partial charge in [-0.3, -0.25) is 0 Å². The molecule has 0 heterocycles. The highest BCUT2D eigenvalue weighted by atomic mass is 79.9. The second-order valence-corrected chi connectivity index (χ2v) is 0. The molecule has 0 aliphatic heterocycles. The number of hydrogen-bond acceptors (Lipinski definition) is 0. The summed E-state index contributed by atoms with van der Waals surface area (Å²) in [7, 11) is 0. The predicted octanol–water partition coefficient (Wildman–Crippen LogP) is 4.34. The molecular formula is C7H23Br. The maximum Gasteiger partial charge on any atom is -0.00848 e. The van der Waals surface area contributed by atoms with Gasteiger partial charge in [-0.05, 0) is 5.83 Å². The Morgan fingerprint density at radius 3 is 0.625 bits per heavy atom. The van der Waals surface area contributed by atoms with E-state index in [2.05, 4.69) is 15.9 Å². The summed E-state index contributed by atoms with van der Waals surface area (Å²) in [6, 6.07) is 0. The summed E-state index contributed by atoms with van der Waals surface area (Å²) in [5.74, 6) is 1.81. The lowest BCUT2D eigenvalue weighted by Crippen LogP contribution is -0.856. The Hall–Kier alpha value is 0.480. The summed E-state index contributed by atoms with van der Waals surface area (Å²) in [5.41, 5.74) is 0. The Kier molecular flexibility index (Phi) is 6680. The zero-order valence-electron chi connectivity index (χ0n) is 5.38. The van der Waals surface area contributed by atoms with Crippen LogP contribution in [0.4, 0.5) is 0 Å². The van der Waals surface area contributed by atoms with Gasteiger partial charge in [0.05, 0.1) is 0 Å². The van der Waals surface area contributed by atoms with E-state index in [0.717, 1.165) is 0 Å². The Labute approximate surface area is 64.8 Å². The predicted molar refractivity (Wildman–Crippen MR) is 51.0 cm³/mol. The summed E-state index contributed by atoms with van der Waals surface area (Å²) in [5, 5.41) is 0. The summed E-state index contributed by atoms with van der Waals surface area (Å²) in [4.78, 5) is 0. The molecule has 0 aromatic rings. The normalized spacial score (nSPS) is 2.25. The van der Waals surface area contributed by atoms with Crippen LogP contribution in [0.1, 0.15) is 42.5 Å². The average molecular weight is 187 g/mol. The van der Waals surface area contributed by atoms with Crippen LogP contribution in [-0.4, -0.2) is 5.83 Å². The van der Waals surface area contributed by atoms with Crippen molar-refractivity contribution in [3.63, 3.8) is 0 Å². The van der Waals surface area contributed by atoms with Crippen molar-refractivity contribution in [2.45, 2.75) is 42.5 Å². The van der Waals surface area contributed by atoms with Crippen molar-refractivity contribution in [3.8, 4) is 0 Å². The highest BCUT2D eigenvalue weighted by Gasteiger charge is 0.949. The Bertz CT molecular complexity index is 4.35. The number of rotatable bonds is 0. The molecular weight excluding hydrogens is 164 g/mol. The minimum absolute atomic E-state index is 0. The SMILES string of the molecule is C.C.CBr.CC.CC. The summed E-state index contributed by atoms with van der Waals surface area (Å²) >= 11 is 2.94. The second kappa shape index (κ2) is 1360. The minimum atomic E-state index is 0. The third kappa shape index (κ3) is 845. The van der Waals surface area contributed by atoms with E-state index in [-0.39, 0.29) is 14.9 Å². The van der Waals surface area contributed by atoms with Crippen molar-refractivity contribution in [1.82, 2.24) is 0 Å². The summed E-state index contributed by atoms with van der Waals surface area (Å²) in [6.45, 7) is 8.00. The van der Waals surface area contributed by atoms with E-state index in [9.17, 15) is 0 Å². The van der Waals surface area contributed by atoms with Crippen LogP contribution in [-0.2, 0) is 0 Å². The molecule has 0 spiro atoms. The highest BCUT2D eigenvalue weighted by molar-refractivity contribution is 9.08. The van der Waals surface area contributed by atoms with Crippen LogP contribution in [0.5, 0.6) is 0 Å². The fourth-order valence-corrected chi connectivity index (χ4v) is 0. The largest absolute Gasteiger partial charge is 0.0966 e. The van der Waals surface area contributed by atoms with Gasteiger partial charge in [-0.1, -0.05) is 58.5 Å². The van der Waals surface area contributed by atoms with Crippen LogP contribution in [0.15, 0.2) is 0 Å². The molecule has 58 valence electrons. The lowest BCUT2D eigenvalue weighted by molar-refractivity contribution is 1.50. The lowest BCUT2D eigenvalue weighted by Gasteiger charge is -1.07. The van der Waals surface area contributed by atoms with E-state index in [1.54, 1.807) is 0 Å². The van der Waals surface area contributed by atoms with E-state index in [4.69, 9.17) is 0 Å². The van der Waals surface area contributed by atoms with Gasteiger partial charge >= 0.3 is 0 Å². The molecule has 0 aromatic heterocycles. The van der Waals surface area contributed by atoms with Gasteiger partial charge in [0.25, 0.3) is 0 Å². The molecule has 1 heteroatoms. The summed E-state index contributed by atoms with van der Waals surface area (Å²) in [6.07, 6.45) is 0. The lowest BCUT2D eigenvalue weighted by atomic mass is 11.0. The van der Waals surface area contributed by atoms with E-state index in [0.29, 0.717) is 0 Å². The summed E-state index contributed by atoms with van der Waals surface area (Å²) < 4.78 is 0. The second-order valence-electron chi connectivity index (χ2n) is 0. The monoisotopic (exact) mass is 186 g/mol. The van der Waals surface area contributed by atoms with E-state index >= 15 is 0 Å². The molecule has 0 N–H and O–H groups in total. The van der Waals surface area contributed by atoms with Crippen molar-refractivity contribution in [2.75, 3.05) is 5.83 Å². The first-order valence-electron chi connectivity index (χ1n) is 2.38. The average Bonchev–Trinajstić information content (AvgIpc) is 1.81. The van der Waals surface area contributed by atoms with Gasteiger partial charge in [0, 0.05) is 0 Å². The smallest absolute Gasteiger partial charge is 0.00848 e. The van der Waals surface area contributed by atoms with E-state index in [1.165, 1.54) is 0 Å². The first-order valence-corrected chi connectivity index (χ1v) is 3.96. The van der Waals surface area contributed by atoms with Crippen LogP contribution in [0.3, 0.4) is 0 Å². The van der Waals surface area contributed by atoms with Crippen molar-refractivity contribution >= 4 is 15.9 Å². The van der Waals surface area contributed by atoms with Gasteiger partial charge in [-0.25, -0.2) is 0 Å². The van der Waals surface area contributed by atoms with Crippen LogP contribution < -0.4 is 0 Å². The van der Waals surface area contributed by atoms with Gasteiger partial charge in [-0.2, -0.15) is 0 Å². The van der Waals surface area contributed by atoms with Crippen molar-refractivity contribution in [3.05, 3.63) is 0 Å². The molecule has 0 unspecified atom stereocenters. The number of hydrogen-bond donors (Lipinski definition) is 0.